The average molecular weight is 783 g/mol. The van der Waals surface area contributed by atoms with Crippen molar-refractivity contribution in [1.29, 1.82) is 0 Å². The van der Waals surface area contributed by atoms with E-state index >= 15 is 0 Å². The van der Waals surface area contributed by atoms with Crippen molar-refractivity contribution in [3.8, 4) is 33.6 Å². The molecule has 0 fully saturated rings. The first-order valence-electron chi connectivity index (χ1n) is 13.7. The molecule has 42 heavy (non-hydrogen) atoms. The van der Waals surface area contributed by atoms with Crippen LogP contribution in [0.1, 0.15) is 0 Å². The van der Waals surface area contributed by atoms with Crippen LogP contribution < -0.4 is 4.40 Å². The first-order valence-corrected chi connectivity index (χ1v) is 21.1. The molecule has 7 aromatic rings. The summed E-state index contributed by atoms with van der Waals surface area (Å²) in [7, 11) is 0. The summed E-state index contributed by atoms with van der Waals surface area (Å²) in [4.78, 5) is 9.17. The second kappa shape index (κ2) is 13.0. The minimum atomic E-state index is -1.72. The van der Waals surface area contributed by atoms with E-state index in [4.69, 9.17) is 4.42 Å². The summed E-state index contributed by atoms with van der Waals surface area (Å²) < 4.78 is 7.42. The summed E-state index contributed by atoms with van der Waals surface area (Å²) in [6, 6.07) is 45.3. The fourth-order valence-electron chi connectivity index (χ4n) is 4.74. The zero-order chi connectivity index (χ0) is 28.2. The number of aromatic nitrogens is 2. The SMILES string of the molecule is [CH3][Ge]([CH3])([CH3])[c]1ccc(-c2[c-]cccc2)nc1.[Ir].[c-]1ccc(-c2ccccc2)cc1-c1cc2oc3ccccc3c2cn1. The quantitative estimate of drug-likeness (QED) is 0.132. The average Bonchev–Trinajstić information content (AvgIpc) is 3.40. The topological polar surface area (TPSA) is 38.9 Å². The first kappa shape index (κ1) is 29.7. The third-order valence-corrected chi connectivity index (χ3v) is 11.3. The zero-order valence-electron chi connectivity index (χ0n) is 23.8. The van der Waals surface area contributed by atoms with E-state index in [1.54, 1.807) is 0 Å². The number of nitrogens with zero attached hydrogens (tertiary/aromatic N) is 2. The Morgan fingerprint density at radius 1 is 0.571 bits per heavy atom. The minimum Gasteiger partial charge on any atom is -0.457 e. The normalized spacial score (nSPS) is 11.0. The molecule has 3 aromatic heterocycles. The van der Waals surface area contributed by atoms with Crippen molar-refractivity contribution in [1.82, 2.24) is 9.97 Å². The molecule has 0 aliphatic heterocycles. The molecule has 0 aliphatic rings. The Balaban J connectivity index is 0.000000181. The molecule has 0 atom stereocenters. The number of para-hydroxylation sites is 1. The van der Waals surface area contributed by atoms with Crippen LogP contribution >= 0.6 is 0 Å². The van der Waals surface area contributed by atoms with Crippen molar-refractivity contribution in [3.05, 3.63) is 140 Å². The number of fused-ring (bicyclic) bond motifs is 3. The maximum absolute atomic E-state index is 5.98. The molecule has 0 N–H and O–H groups in total. The Labute approximate surface area is 263 Å². The van der Waals surface area contributed by atoms with Gasteiger partial charge < -0.3 is 9.40 Å². The van der Waals surface area contributed by atoms with Gasteiger partial charge >= 0.3 is 99.8 Å². The Morgan fingerprint density at radius 3 is 2.05 bits per heavy atom. The van der Waals surface area contributed by atoms with Crippen molar-refractivity contribution in [2.45, 2.75) is 17.3 Å². The van der Waals surface area contributed by atoms with Crippen LogP contribution in [0.3, 0.4) is 0 Å². The van der Waals surface area contributed by atoms with Gasteiger partial charge in [-0.3, -0.25) is 0 Å². The number of benzene rings is 4. The van der Waals surface area contributed by atoms with Gasteiger partial charge in [-0.1, -0.05) is 48.5 Å². The molecule has 0 bridgehead atoms. The van der Waals surface area contributed by atoms with Crippen LogP contribution in [0.15, 0.2) is 132 Å². The fraction of sp³-hybridized carbons (Fsp3) is 0.0811. The standard InChI is InChI=1S/C23H14NO.C14H16GeN.Ir/c1-2-7-16(8-3-1)17-9-6-10-18(13-17)21-14-23-20(15-24-21)19-11-4-5-12-22(19)25-23;1-15(2,3)13-9-10-14(16-11-13)12-7-5-4-6-8-12;/h1-9,11-15H;4-7,9-11H,1-3H3;/q2*-1;. The van der Waals surface area contributed by atoms with Crippen LogP contribution in [0.5, 0.6) is 0 Å². The summed E-state index contributed by atoms with van der Waals surface area (Å²) in [5.41, 5.74) is 7.98. The second-order valence-electron chi connectivity index (χ2n) is 11.0. The molecule has 0 aliphatic carbocycles. The Hall–Kier alpha value is -3.83. The number of pyridine rings is 2. The third-order valence-electron chi connectivity index (χ3n) is 7.06. The number of hydrogen-bond acceptors (Lipinski definition) is 3. The van der Waals surface area contributed by atoms with Crippen LogP contribution in [0.2, 0.25) is 17.3 Å². The molecule has 0 saturated heterocycles. The largest absolute Gasteiger partial charge is 0.457 e. The summed E-state index contributed by atoms with van der Waals surface area (Å²) in [5, 5.41) is 2.14. The van der Waals surface area contributed by atoms with Gasteiger partial charge in [0.05, 0.1) is 0 Å². The Bertz CT molecular complexity index is 1910. The summed E-state index contributed by atoms with van der Waals surface area (Å²) in [6.07, 6.45) is 3.93. The van der Waals surface area contributed by atoms with E-state index in [0.717, 1.165) is 50.0 Å². The molecule has 0 spiro atoms. The van der Waals surface area contributed by atoms with Crippen molar-refractivity contribution in [3.63, 3.8) is 0 Å². The predicted octanol–water partition coefficient (Wildman–Crippen LogP) is 9.21. The maximum atomic E-state index is 5.98. The van der Waals surface area contributed by atoms with Crippen LogP contribution in [-0.2, 0) is 20.1 Å². The van der Waals surface area contributed by atoms with Gasteiger partial charge in [0.2, 0.25) is 0 Å². The van der Waals surface area contributed by atoms with E-state index in [1.807, 2.05) is 85.2 Å². The van der Waals surface area contributed by atoms with E-state index in [1.165, 1.54) is 9.96 Å². The maximum Gasteiger partial charge on any atom is 0.135 e. The van der Waals surface area contributed by atoms with Gasteiger partial charge in [0.1, 0.15) is 11.2 Å². The molecule has 7 rings (SSSR count). The van der Waals surface area contributed by atoms with Gasteiger partial charge in [0.25, 0.3) is 0 Å². The van der Waals surface area contributed by atoms with Crippen molar-refractivity contribution in [2.24, 2.45) is 0 Å². The summed E-state index contributed by atoms with van der Waals surface area (Å²) >= 11 is -1.72. The van der Waals surface area contributed by atoms with Crippen LogP contribution in [0.25, 0.3) is 55.6 Å². The van der Waals surface area contributed by atoms with Gasteiger partial charge in [-0.2, -0.15) is 0 Å². The van der Waals surface area contributed by atoms with Gasteiger partial charge in [0, 0.05) is 37.1 Å². The van der Waals surface area contributed by atoms with E-state index in [9.17, 15) is 0 Å². The molecular weight excluding hydrogens is 753 g/mol. The molecule has 3 heterocycles. The Morgan fingerprint density at radius 2 is 1.31 bits per heavy atom. The number of hydrogen-bond donors (Lipinski definition) is 0. The molecule has 209 valence electrons. The van der Waals surface area contributed by atoms with E-state index in [0.29, 0.717) is 0 Å². The van der Waals surface area contributed by atoms with E-state index < -0.39 is 13.3 Å². The van der Waals surface area contributed by atoms with E-state index in [2.05, 4.69) is 81.8 Å². The number of furan rings is 1. The van der Waals surface area contributed by atoms with Crippen LogP contribution in [0.4, 0.5) is 0 Å². The van der Waals surface area contributed by atoms with Crippen LogP contribution in [0, 0.1) is 12.1 Å². The number of rotatable bonds is 4. The van der Waals surface area contributed by atoms with E-state index in [-0.39, 0.29) is 20.1 Å². The van der Waals surface area contributed by atoms with Gasteiger partial charge in [-0.05, 0) is 23.4 Å². The molecule has 4 aromatic carbocycles. The summed E-state index contributed by atoms with van der Waals surface area (Å²) in [5.74, 6) is 7.14. The third kappa shape index (κ3) is 6.63. The van der Waals surface area contributed by atoms with Gasteiger partial charge in [-0.15, -0.1) is 35.4 Å². The van der Waals surface area contributed by atoms with Crippen molar-refractivity contribution < 1.29 is 24.5 Å². The molecule has 0 amide bonds. The second-order valence-corrected chi connectivity index (χ2v) is 21.6. The Kier molecular flexibility index (Phi) is 9.18. The monoisotopic (exact) mass is 785 g/mol. The molecule has 0 saturated carbocycles. The zero-order valence-corrected chi connectivity index (χ0v) is 28.3. The first-order chi connectivity index (χ1) is 20.0. The van der Waals surface area contributed by atoms with Crippen molar-refractivity contribution >= 4 is 39.6 Å². The van der Waals surface area contributed by atoms with Crippen molar-refractivity contribution in [2.75, 3.05) is 0 Å². The van der Waals surface area contributed by atoms with Crippen LogP contribution in [-0.4, -0.2) is 23.2 Å². The smallest absolute Gasteiger partial charge is 0.135 e. The molecule has 3 nitrogen and oxygen atoms in total. The predicted molar refractivity (Wildman–Crippen MR) is 173 cm³/mol. The molecule has 5 heteroatoms. The minimum absolute atomic E-state index is 0. The summed E-state index contributed by atoms with van der Waals surface area (Å²) in [6.45, 7) is 0. The molecule has 0 unspecified atom stereocenters. The fourth-order valence-corrected chi connectivity index (χ4v) is 6.91. The molecule has 1 radical (unpaired) electrons. The van der Waals surface area contributed by atoms with Gasteiger partial charge in [-0.25, -0.2) is 0 Å². The molecular formula is C37H30GeIrN2O-2. The van der Waals surface area contributed by atoms with Gasteiger partial charge in [0.15, 0.2) is 0 Å².